The number of fused-ring (bicyclic) bond motifs is 1. The fourth-order valence-electron chi connectivity index (χ4n) is 3.41. The second-order valence-corrected chi connectivity index (χ2v) is 6.16. The predicted molar refractivity (Wildman–Crippen MR) is 86.3 cm³/mol. The number of benzene rings is 1. The highest BCUT2D eigenvalue weighted by Gasteiger charge is 2.24. The standard InChI is InChI=1S/C17H25N3O/c1-18-8-9-20(13-15(18)7-10-21)12-14-11-19(2)17-6-4-3-5-16(14)17/h3-6,11,15,21H,7-10,12-13H2,1-2H3/t15-/m0/s1. The van der Waals surface area contributed by atoms with Gasteiger partial charge in [0.15, 0.2) is 0 Å². The highest BCUT2D eigenvalue weighted by Crippen LogP contribution is 2.23. The summed E-state index contributed by atoms with van der Waals surface area (Å²) in [6.07, 6.45) is 3.12. The number of hydrogen-bond donors (Lipinski definition) is 1. The zero-order chi connectivity index (χ0) is 14.8. The van der Waals surface area contributed by atoms with Gasteiger partial charge in [-0.2, -0.15) is 0 Å². The van der Waals surface area contributed by atoms with Crippen molar-refractivity contribution in [1.29, 1.82) is 0 Å². The topological polar surface area (TPSA) is 31.6 Å². The van der Waals surface area contributed by atoms with Crippen LogP contribution < -0.4 is 0 Å². The molecule has 0 bridgehead atoms. The fraction of sp³-hybridized carbons (Fsp3) is 0.529. The van der Waals surface area contributed by atoms with Crippen molar-refractivity contribution in [2.24, 2.45) is 7.05 Å². The molecule has 4 heteroatoms. The van der Waals surface area contributed by atoms with E-state index in [1.54, 1.807) is 0 Å². The molecule has 2 aromatic rings. The maximum absolute atomic E-state index is 9.21. The quantitative estimate of drug-likeness (QED) is 0.928. The molecule has 114 valence electrons. The maximum atomic E-state index is 9.21. The van der Waals surface area contributed by atoms with Crippen LogP contribution in [0.2, 0.25) is 0 Å². The van der Waals surface area contributed by atoms with Gasteiger partial charge in [-0.3, -0.25) is 4.90 Å². The summed E-state index contributed by atoms with van der Waals surface area (Å²) in [6.45, 7) is 4.49. The van der Waals surface area contributed by atoms with Crippen molar-refractivity contribution >= 4 is 10.9 Å². The molecular weight excluding hydrogens is 262 g/mol. The smallest absolute Gasteiger partial charge is 0.0481 e. The van der Waals surface area contributed by atoms with Crippen LogP contribution in [0.5, 0.6) is 0 Å². The highest BCUT2D eigenvalue weighted by molar-refractivity contribution is 5.83. The van der Waals surface area contributed by atoms with Crippen molar-refractivity contribution in [3.8, 4) is 0 Å². The number of piperazine rings is 1. The Morgan fingerprint density at radius 1 is 1.19 bits per heavy atom. The number of aryl methyl sites for hydroxylation is 1. The molecule has 2 heterocycles. The molecule has 1 aromatic carbocycles. The molecule has 0 spiro atoms. The van der Waals surface area contributed by atoms with E-state index >= 15 is 0 Å². The van der Waals surface area contributed by atoms with Gasteiger partial charge >= 0.3 is 0 Å². The van der Waals surface area contributed by atoms with Crippen molar-refractivity contribution in [3.05, 3.63) is 36.0 Å². The van der Waals surface area contributed by atoms with Gasteiger partial charge in [0, 0.05) is 63.0 Å². The third-order valence-corrected chi connectivity index (χ3v) is 4.70. The summed E-state index contributed by atoms with van der Waals surface area (Å²) in [4.78, 5) is 4.89. The van der Waals surface area contributed by atoms with Crippen molar-refractivity contribution in [2.75, 3.05) is 33.3 Å². The van der Waals surface area contributed by atoms with Crippen molar-refractivity contribution < 1.29 is 5.11 Å². The highest BCUT2D eigenvalue weighted by atomic mass is 16.3. The summed E-state index contributed by atoms with van der Waals surface area (Å²) in [5.41, 5.74) is 2.70. The van der Waals surface area contributed by atoms with Gasteiger partial charge in [0.2, 0.25) is 0 Å². The molecule has 0 unspecified atom stereocenters. The molecule has 0 aliphatic carbocycles. The third-order valence-electron chi connectivity index (χ3n) is 4.70. The molecule has 4 nitrogen and oxygen atoms in total. The van der Waals surface area contributed by atoms with E-state index in [0.717, 1.165) is 32.6 Å². The molecule has 0 radical (unpaired) electrons. The molecule has 1 atom stereocenters. The summed E-state index contributed by atoms with van der Waals surface area (Å²) in [5, 5.41) is 10.6. The van der Waals surface area contributed by atoms with Crippen LogP contribution >= 0.6 is 0 Å². The maximum Gasteiger partial charge on any atom is 0.0481 e. The first-order chi connectivity index (χ1) is 10.2. The molecule has 1 aliphatic heterocycles. The normalized spacial score (nSPS) is 21.2. The number of aliphatic hydroxyl groups excluding tert-OH is 1. The predicted octanol–water partition coefficient (Wildman–Crippen LogP) is 1.68. The molecule has 0 saturated carbocycles. The van der Waals surface area contributed by atoms with Gasteiger partial charge < -0.3 is 14.6 Å². The lowest BCUT2D eigenvalue weighted by Crippen LogP contribution is -2.51. The van der Waals surface area contributed by atoms with Gasteiger partial charge in [0.05, 0.1) is 0 Å². The van der Waals surface area contributed by atoms with Gasteiger partial charge in [0.1, 0.15) is 0 Å². The second kappa shape index (κ2) is 6.18. The number of likely N-dealkylation sites (N-methyl/N-ethyl adjacent to an activating group) is 1. The number of para-hydroxylation sites is 1. The number of nitrogens with zero attached hydrogens (tertiary/aromatic N) is 3. The molecule has 3 rings (SSSR count). The molecule has 1 aromatic heterocycles. The lowest BCUT2D eigenvalue weighted by Gasteiger charge is -2.39. The average molecular weight is 287 g/mol. The van der Waals surface area contributed by atoms with Crippen LogP contribution in [0.15, 0.2) is 30.5 Å². The SMILES string of the molecule is CN1CCN(Cc2cn(C)c3ccccc23)C[C@@H]1CCO. The van der Waals surface area contributed by atoms with Crippen LogP contribution in [-0.2, 0) is 13.6 Å². The molecule has 1 N–H and O–H groups in total. The van der Waals surface area contributed by atoms with Crippen LogP contribution in [0.4, 0.5) is 0 Å². The summed E-state index contributed by atoms with van der Waals surface area (Å²) >= 11 is 0. The van der Waals surface area contributed by atoms with Gasteiger partial charge in [-0.15, -0.1) is 0 Å². The summed E-state index contributed by atoms with van der Waals surface area (Å²) in [5.74, 6) is 0. The first kappa shape index (κ1) is 14.6. The Labute approximate surface area is 126 Å². The number of aromatic nitrogens is 1. The Bertz CT molecular complexity index is 607. The molecule has 0 amide bonds. The van der Waals surface area contributed by atoms with Crippen molar-refractivity contribution in [2.45, 2.75) is 19.0 Å². The van der Waals surface area contributed by atoms with Crippen LogP contribution in [-0.4, -0.2) is 58.8 Å². The first-order valence-corrected chi connectivity index (χ1v) is 7.75. The second-order valence-electron chi connectivity index (χ2n) is 6.16. The minimum absolute atomic E-state index is 0.275. The number of hydrogen-bond acceptors (Lipinski definition) is 3. The minimum Gasteiger partial charge on any atom is -0.396 e. The summed E-state index contributed by atoms with van der Waals surface area (Å²) < 4.78 is 2.21. The van der Waals surface area contributed by atoms with E-state index in [2.05, 4.69) is 58.9 Å². The van der Waals surface area contributed by atoms with E-state index in [1.807, 2.05) is 0 Å². The Morgan fingerprint density at radius 2 is 2.00 bits per heavy atom. The van der Waals surface area contributed by atoms with Crippen LogP contribution in [0.25, 0.3) is 10.9 Å². The van der Waals surface area contributed by atoms with E-state index in [1.165, 1.54) is 16.5 Å². The molecule has 1 aliphatic rings. The van der Waals surface area contributed by atoms with Crippen LogP contribution in [0.3, 0.4) is 0 Å². The largest absolute Gasteiger partial charge is 0.396 e. The molecular formula is C17H25N3O. The average Bonchev–Trinajstić information content (AvgIpc) is 2.80. The Kier molecular flexibility index (Phi) is 4.29. The van der Waals surface area contributed by atoms with Gasteiger partial charge in [-0.25, -0.2) is 0 Å². The number of aliphatic hydroxyl groups is 1. The van der Waals surface area contributed by atoms with Gasteiger partial charge in [0.25, 0.3) is 0 Å². The van der Waals surface area contributed by atoms with E-state index in [-0.39, 0.29) is 6.61 Å². The lowest BCUT2D eigenvalue weighted by atomic mass is 10.1. The minimum atomic E-state index is 0.275. The van der Waals surface area contributed by atoms with E-state index in [9.17, 15) is 5.11 Å². The first-order valence-electron chi connectivity index (χ1n) is 7.75. The number of rotatable bonds is 4. The zero-order valence-corrected chi connectivity index (χ0v) is 13.0. The summed E-state index contributed by atoms with van der Waals surface area (Å²) in [6, 6.07) is 9.08. The Hall–Kier alpha value is -1.36. The van der Waals surface area contributed by atoms with Crippen LogP contribution in [0, 0.1) is 0 Å². The monoisotopic (exact) mass is 287 g/mol. The third kappa shape index (κ3) is 2.98. The van der Waals surface area contributed by atoms with Gasteiger partial charge in [-0.1, -0.05) is 18.2 Å². The van der Waals surface area contributed by atoms with E-state index < -0.39 is 0 Å². The van der Waals surface area contributed by atoms with Crippen molar-refractivity contribution in [3.63, 3.8) is 0 Å². The lowest BCUT2D eigenvalue weighted by molar-refractivity contribution is 0.0745. The Balaban J connectivity index is 1.76. The molecule has 1 saturated heterocycles. The van der Waals surface area contributed by atoms with Crippen LogP contribution in [0.1, 0.15) is 12.0 Å². The summed E-state index contributed by atoms with van der Waals surface area (Å²) in [7, 11) is 4.28. The van der Waals surface area contributed by atoms with E-state index in [4.69, 9.17) is 0 Å². The fourth-order valence-corrected chi connectivity index (χ4v) is 3.41. The Morgan fingerprint density at radius 3 is 2.81 bits per heavy atom. The van der Waals surface area contributed by atoms with Gasteiger partial charge in [-0.05, 0) is 25.1 Å². The van der Waals surface area contributed by atoms with E-state index in [0.29, 0.717) is 6.04 Å². The van der Waals surface area contributed by atoms with Crippen molar-refractivity contribution in [1.82, 2.24) is 14.4 Å². The molecule has 21 heavy (non-hydrogen) atoms. The zero-order valence-electron chi connectivity index (χ0n) is 13.0. The molecule has 1 fully saturated rings.